The summed E-state index contributed by atoms with van der Waals surface area (Å²) in [5.41, 5.74) is 6.74. The standard InChI is InChI=1S/C14H20N2O2/c15-13(10-5-2-1-3-6-10)14(18)16-12-8-4-7-11(12)9-17/h1-3,5-6,11-13,17H,4,7-9,15H2,(H,16,18). The molecule has 3 atom stereocenters. The highest BCUT2D eigenvalue weighted by molar-refractivity contribution is 5.83. The molecule has 4 nitrogen and oxygen atoms in total. The molecule has 3 unspecified atom stereocenters. The molecule has 1 amide bonds. The number of carbonyl (C=O) groups is 1. The number of amides is 1. The van der Waals surface area contributed by atoms with Crippen molar-refractivity contribution in [2.45, 2.75) is 31.3 Å². The van der Waals surface area contributed by atoms with Crippen LogP contribution in [0.1, 0.15) is 30.9 Å². The van der Waals surface area contributed by atoms with Crippen LogP contribution in [-0.4, -0.2) is 23.7 Å². The quantitative estimate of drug-likeness (QED) is 0.743. The molecular formula is C14H20N2O2. The molecule has 0 aromatic heterocycles. The summed E-state index contributed by atoms with van der Waals surface area (Å²) in [6.45, 7) is 0.130. The number of carbonyl (C=O) groups excluding carboxylic acids is 1. The van der Waals surface area contributed by atoms with E-state index >= 15 is 0 Å². The lowest BCUT2D eigenvalue weighted by atomic mass is 10.0. The first-order valence-electron chi connectivity index (χ1n) is 6.44. The van der Waals surface area contributed by atoms with E-state index in [0.717, 1.165) is 24.8 Å². The van der Waals surface area contributed by atoms with Gasteiger partial charge in [0.05, 0.1) is 0 Å². The summed E-state index contributed by atoms with van der Waals surface area (Å²) in [7, 11) is 0. The average Bonchev–Trinajstić information content (AvgIpc) is 2.86. The number of rotatable bonds is 4. The minimum absolute atomic E-state index is 0.0669. The molecule has 1 saturated carbocycles. The van der Waals surface area contributed by atoms with E-state index in [2.05, 4.69) is 5.32 Å². The largest absolute Gasteiger partial charge is 0.396 e. The van der Waals surface area contributed by atoms with Gasteiger partial charge in [0.2, 0.25) is 5.91 Å². The minimum Gasteiger partial charge on any atom is -0.396 e. The van der Waals surface area contributed by atoms with Gasteiger partial charge in [0, 0.05) is 18.6 Å². The van der Waals surface area contributed by atoms with Gasteiger partial charge in [0.25, 0.3) is 0 Å². The Hall–Kier alpha value is -1.39. The van der Waals surface area contributed by atoms with Crippen molar-refractivity contribution in [2.24, 2.45) is 11.7 Å². The van der Waals surface area contributed by atoms with Crippen LogP contribution in [0.25, 0.3) is 0 Å². The topological polar surface area (TPSA) is 75.4 Å². The van der Waals surface area contributed by atoms with Crippen molar-refractivity contribution in [1.29, 1.82) is 0 Å². The van der Waals surface area contributed by atoms with Crippen LogP contribution < -0.4 is 11.1 Å². The Morgan fingerprint density at radius 3 is 2.78 bits per heavy atom. The van der Waals surface area contributed by atoms with Crippen LogP contribution in [0.15, 0.2) is 30.3 Å². The molecule has 0 bridgehead atoms. The van der Waals surface area contributed by atoms with Gasteiger partial charge in [0.15, 0.2) is 0 Å². The maximum absolute atomic E-state index is 12.0. The highest BCUT2D eigenvalue weighted by atomic mass is 16.3. The predicted molar refractivity (Wildman–Crippen MR) is 69.7 cm³/mol. The van der Waals surface area contributed by atoms with Gasteiger partial charge >= 0.3 is 0 Å². The molecule has 1 fully saturated rings. The van der Waals surface area contributed by atoms with E-state index in [9.17, 15) is 9.90 Å². The van der Waals surface area contributed by atoms with E-state index in [4.69, 9.17) is 5.73 Å². The zero-order valence-corrected chi connectivity index (χ0v) is 10.4. The molecule has 0 heterocycles. The average molecular weight is 248 g/mol. The second-order valence-electron chi connectivity index (χ2n) is 4.88. The monoisotopic (exact) mass is 248 g/mol. The molecule has 18 heavy (non-hydrogen) atoms. The van der Waals surface area contributed by atoms with Crippen molar-refractivity contribution < 1.29 is 9.90 Å². The molecule has 1 aliphatic carbocycles. The van der Waals surface area contributed by atoms with Crippen molar-refractivity contribution in [3.05, 3.63) is 35.9 Å². The zero-order valence-electron chi connectivity index (χ0n) is 10.4. The molecule has 98 valence electrons. The first-order chi connectivity index (χ1) is 8.72. The van der Waals surface area contributed by atoms with Gasteiger partial charge in [-0.1, -0.05) is 36.8 Å². The summed E-state index contributed by atoms with van der Waals surface area (Å²) in [6, 6.07) is 8.77. The van der Waals surface area contributed by atoms with Crippen molar-refractivity contribution in [3.63, 3.8) is 0 Å². The number of aliphatic hydroxyl groups is 1. The van der Waals surface area contributed by atoms with Crippen LogP contribution in [0, 0.1) is 5.92 Å². The Labute approximate surface area is 107 Å². The Morgan fingerprint density at radius 2 is 2.11 bits per heavy atom. The Bertz CT molecular complexity index is 394. The first kappa shape index (κ1) is 13.1. The van der Waals surface area contributed by atoms with Crippen molar-refractivity contribution in [1.82, 2.24) is 5.32 Å². The van der Waals surface area contributed by atoms with Crippen molar-refractivity contribution in [2.75, 3.05) is 6.61 Å². The fourth-order valence-electron chi connectivity index (χ4n) is 2.53. The summed E-state index contributed by atoms with van der Waals surface area (Å²) < 4.78 is 0. The highest BCUT2D eigenvalue weighted by Crippen LogP contribution is 2.25. The summed E-state index contributed by atoms with van der Waals surface area (Å²) in [5.74, 6) is 0.0171. The van der Waals surface area contributed by atoms with Crippen LogP contribution >= 0.6 is 0 Å². The number of hydrogen-bond donors (Lipinski definition) is 3. The molecule has 1 aromatic rings. The van der Waals surface area contributed by atoms with E-state index in [1.54, 1.807) is 0 Å². The van der Waals surface area contributed by atoms with E-state index in [0.29, 0.717) is 0 Å². The molecule has 4 N–H and O–H groups in total. The van der Waals surface area contributed by atoms with Crippen LogP contribution in [0.5, 0.6) is 0 Å². The fourth-order valence-corrected chi connectivity index (χ4v) is 2.53. The van der Waals surface area contributed by atoms with Gasteiger partial charge in [-0.25, -0.2) is 0 Å². The smallest absolute Gasteiger partial charge is 0.241 e. The molecule has 0 aliphatic heterocycles. The summed E-state index contributed by atoms with van der Waals surface area (Å²) in [4.78, 5) is 12.0. The van der Waals surface area contributed by atoms with E-state index in [-0.39, 0.29) is 24.5 Å². The van der Waals surface area contributed by atoms with E-state index in [1.807, 2.05) is 30.3 Å². The Morgan fingerprint density at radius 1 is 1.39 bits per heavy atom. The second-order valence-corrected chi connectivity index (χ2v) is 4.88. The van der Waals surface area contributed by atoms with Crippen LogP contribution in [-0.2, 0) is 4.79 Å². The van der Waals surface area contributed by atoms with Crippen LogP contribution in [0.4, 0.5) is 0 Å². The third-order valence-corrected chi connectivity index (χ3v) is 3.66. The number of benzene rings is 1. The fraction of sp³-hybridized carbons (Fsp3) is 0.500. The van der Waals surface area contributed by atoms with Gasteiger partial charge < -0.3 is 16.2 Å². The number of aliphatic hydroxyl groups excluding tert-OH is 1. The highest BCUT2D eigenvalue weighted by Gasteiger charge is 2.29. The van der Waals surface area contributed by atoms with Gasteiger partial charge in [0.1, 0.15) is 6.04 Å². The second kappa shape index (κ2) is 5.98. The summed E-state index contributed by atoms with van der Waals surface area (Å²) >= 11 is 0. The zero-order chi connectivity index (χ0) is 13.0. The van der Waals surface area contributed by atoms with Gasteiger partial charge in [-0.15, -0.1) is 0 Å². The number of nitrogens with two attached hydrogens (primary N) is 1. The third kappa shape index (κ3) is 2.89. The Balaban J connectivity index is 1.95. The van der Waals surface area contributed by atoms with Gasteiger partial charge in [-0.05, 0) is 18.4 Å². The predicted octanol–water partition coefficient (Wildman–Crippen LogP) is 0.964. The molecule has 1 aliphatic rings. The lowest BCUT2D eigenvalue weighted by Crippen LogP contribution is -2.43. The van der Waals surface area contributed by atoms with E-state index in [1.165, 1.54) is 0 Å². The molecule has 0 radical (unpaired) electrons. The molecule has 1 aromatic carbocycles. The molecule has 0 saturated heterocycles. The molecular weight excluding hydrogens is 228 g/mol. The SMILES string of the molecule is NC(C(=O)NC1CCCC1CO)c1ccccc1. The van der Waals surface area contributed by atoms with Gasteiger partial charge in [-0.2, -0.15) is 0 Å². The first-order valence-corrected chi connectivity index (χ1v) is 6.44. The maximum atomic E-state index is 12.0. The third-order valence-electron chi connectivity index (χ3n) is 3.66. The normalized spacial score (nSPS) is 24.8. The molecule has 4 heteroatoms. The molecule has 0 spiro atoms. The van der Waals surface area contributed by atoms with Crippen molar-refractivity contribution in [3.8, 4) is 0 Å². The van der Waals surface area contributed by atoms with E-state index < -0.39 is 6.04 Å². The minimum atomic E-state index is -0.633. The molecule has 2 rings (SSSR count). The lowest BCUT2D eigenvalue weighted by molar-refractivity contribution is -0.123. The van der Waals surface area contributed by atoms with Crippen molar-refractivity contribution >= 4 is 5.91 Å². The number of hydrogen-bond acceptors (Lipinski definition) is 3. The summed E-state index contributed by atoms with van der Waals surface area (Å²) in [5, 5.41) is 12.2. The van der Waals surface area contributed by atoms with Crippen LogP contribution in [0.2, 0.25) is 0 Å². The Kier molecular flexibility index (Phi) is 4.33. The number of nitrogens with one attached hydrogen (secondary N) is 1. The maximum Gasteiger partial charge on any atom is 0.241 e. The van der Waals surface area contributed by atoms with Crippen LogP contribution in [0.3, 0.4) is 0 Å². The van der Waals surface area contributed by atoms with Gasteiger partial charge in [-0.3, -0.25) is 4.79 Å². The lowest BCUT2D eigenvalue weighted by Gasteiger charge is -2.21. The summed E-state index contributed by atoms with van der Waals surface area (Å²) in [6.07, 6.45) is 2.96.